The Balaban J connectivity index is 0.00000312. The summed E-state index contributed by atoms with van der Waals surface area (Å²) < 4.78 is 23.3. The number of hydrogen-bond donors (Lipinski definition) is 2. The van der Waals surface area contributed by atoms with Crippen LogP contribution in [0.3, 0.4) is 0 Å². The number of aromatic nitrogens is 1. The number of fused-ring (bicyclic) bond motifs is 1. The lowest BCUT2D eigenvalue weighted by atomic mass is 9.98. The number of nitrogens with one attached hydrogen (secondary N) is 1. The molecule has 1 amide bonds. The first-order chi connectivity index (χ1) is 11.0. The molecule has 1 atom stereocenters. The number of anilines is 1. The van der Waals surface area contributed by atoms with Gasteiger partial charge in [0, 0.05) is 17.4 Å². The second-order valence-electron chi connectivity index (χ2n) is 6.97. The van der Waals surface area contributed by atoms with Crippen molar-refractivity contribution in [1.29, 1.82) is 0 Å². The van der Waals surface area contributed by atoms with Crippen molar-refractivity contribution in [1.82, 2.24) is 4.98 Å². The van der Waals surface area contributed by atoms with E-state index in [9.17, 15) is 13.2 Å². The molecule has 1 aromatic heterocycles. The summed E-state index contributed by atoms with van der Waals surface area (Å²) >= 11 is 1.59. The molecule has 0 spiro atoms. The minimum absolute atomic E-state index is 0. The average Bonchev–Trinajstić information content (AvgIpc) is 2.87. The van der Waals surface area contributed by atoms with Crippen LogP contribution in [0.15, 0.2) is 18.2 Å². The van der Waals surface area contributed by atoms with Crippen LogP contribution in [0.4, 0.5) is 5.69 Å². The molecule has 140 valence electrons. The normalized spacial score (nSPS) is 13.3. The first kappa shape index (κ1) is 21.8. The van der Waals surface area contributed by atoms with Gasteiger partial charge in [-0.25, -0.2) is 13.4 Å². The Hall–Kier alpha value is -1.22. The summed E-state index contributed by atoms with van der Waals surface area (Å²) in [6.45, 7) is 6.32. The van der Waals surface area contributed by atoms with E-state index < -0.39 is 21.8 Å². The van der Waals surface area contributed by atoms with Crippen molar-refractivity contribution < 1.29 is 13.2 Å². The number of rotatable bonds is 5. The van der Waals surface area contributed by atoms with Crippen LogP contribution >= 0.6 is 23.7 Å². The number of carbonyl (C=O) groups is 1. The molecule has 6 nitrogen and oxygen atoms in total. The summed E-state index contributed by atoms with van der Waals surface area (Å²) in [5, 5.41) is 3.77. The molecule has 25 heavy (non-hydrogen) atoms. The lowest BCUT2D eigenvalue weighted by molar-refractivity contribution is -0.117. The largest absolute Gasteiger partial charge is 0.325 e. The van der Waals surface area contributed by atoms with E-state index in [0.717, 1.165) is 21.5 Å². The molecule has 0 aliphatic heterocycles. The number of halogens is 1. The van der Waals surface area contributed by atoms with Gasteiger partial charge in [-0.15, -0.1) is 23.7 Å². The molecule has 0 bridgehead atoms. The van der Waals surface area contributed by atoms with E-state index >= 15 is 0 Å². The summed E-state index contributed by atoms with van der Waals surface area (Å²) in [6, 6.07) is 4.64. The zero-order valence-corrected chi connectivity index (χ0v) is 17.1. The number of nitrogens with zero attached hydrogens (tertiary/aromatic N) is 1. The maximum absolute atomic E-state index is 12.1. The zero-order chi connectivity index (χ0) is 18.1. The highest BCUT2D eigenvalue weighted by atomic mass is 35.5. The molecule has 2 rings (SSSR count). The smallest absolute Gasteiger partial charge is 0.241 e. The first-order valence-corrected chi connectivity index (χ1v) is 10.5. The Bertz CT molecular complexity index is 857. The Morgan fingerprint density at radius 1 is 1.36 bits per heavy atom. The number of thiazole rings is 1. The molecular formula is C16H24ClN3O3S2. The molecule has 9 heteroatoms. The molecule has 1 aromatic carbocycles. The van der Waals surface area contributed by atoms with Crippen LogP contribution in [-0.2, 0) is 20.0 Å². The molecular weight excluding hydrogens is 382 g/mol. The molecule has 0 aliphatic carbocycles. The number of amides is 1. The molecule has 1 heterocycles. The fourth-order valence-corrected chi connectivity index (χ4v) is 3.77. The van der Waals surface area contributed by atoms with Crippen LogP contribution < -0.4 is 11.1 Å². The Labute approximate surface area is 158 Å². The van der Waals surface area contributed by atoms with Crippen molar-refractivity contribution in [2.75, 3.05) is 17.3 Å². The van der Waals surface area contributed by atoms with Gasteiger partial charge in [-0.05, 0) is 24.6 Å². The lowest BCUT2D eigenvalue weighted by Gasteiger charge is -2.13. The highest BCUT2D eigenvalue weighted by Crippen LogP contribution is 2.32. The molecule has 3 N–H and O–H groups in total. The standard InChI is InChI=1S/C16H23N3O3S2.ClH/c1-16(2,3)15-19-12-6-5-10(9-13(12)23-15)18-14(20)11(17)7-8-24(4,21)22;/h5-6,9,11H,7-8,17H2,1-4H3,(H,18,20);1H. The van der Waals surface area contributed by atoms with E-state index in [1.165, 1.54) is 0 Å². The van der Waals surface area contributed by atoms with Crippen molar-refractivity contribution in [3.63, 3.8) is 0 Å². The third-order valence-electron chi connectivity index (χ3n) is 3.43. The minimum Gasteiger partial charge on any atom is -0.325 e. The Morgan fingerprint density at radius 3 is 2.56 bits per heavy atom. The van der Waals surface area contributed by atoms with Crippen LogP contribution in [0.2, 0.25) is 0 Å². The van der Waals surface area contributed by atoms with Crippen molar-refractivity contribution in [3.8, 4) is 0 Å². The Kier molecular flexibility index (Phi) is 6.97. The number of hydrogen-bond acceptors (Lipinski definition) is 6. The fraction of sp³-hybridized carbons (Fsp3) is 0.500. The van der Waals surface area contributed by atoms with Gasteiger partial charge in [0.2, 0.25) is 5.91 Å². The summed E-state index contributed by atoms with van der Waals surface area (Å²) in [7, 11) is -3.13. The summed E-state index contributed by atoms with van der Waals surface area (Å²) in [5.41, 5.74) is 7.26. The van der Waals surface area contributed by atoms with Crippen LogP contribution in [0, 0.1) is 0 Å². The average molecular weight is 406 g/mol. The number of carbonyl (C=O) groups excluding carboxylic acids is 1. The van der Waals surface area contributed by atoms with E-state index in [0.29, 0.717) is 5.69 Å². The summed E-state index contributed by atoms with van der Waals surface area (Å²) in [4.78, 5) is 16.7. The van der Waals surface area contributed by atoms with Crippen molar-refractivity contribution in [3.05, 3.63) is 23.2 Å². The lowest BCUT2D eigenvalue weighted by Crippen LogP contribution is -2.37. The van der Waals surface area contributed by atoms with Crippen LogP contribution in [0.5, 0.6) is 0 Å². The predicted octanol–water partition coefficient (Wildman–Crippen LogP) is 2.72. The van der Waals surface area contributed by atoms with E-state index in [2.05, 4.69) is 31.1 Å². The number of nitrogens with two attached hydrogens (primary N) is 1. The van der Waals surface area contributed by atoms with Crippen molar-refractivity contribution in [2.45, 2.75) is 38.6 Å². The van der Waals surface area contributed by atoms with Crippen LogP contribution in [-0.4, -0.2) is 37.4 Å². The maximum Gasteiger partial charge on any atom is 0.241 e. The van der Waals surface area contributed by atoms with Gasteiger partial charge in [-0.3, -0.25) is 4.79 Å². The SMILES string of the molecule is CC(C)(C)c1nc2ccc(NC(=O)C(N)CCS(C)(=O)=O)cc2s1.Cl. The van der Waals surface area contributed by atoms with Gasteiger partial charge in [0.25, 0.3) is 0 Å². The molecule has 0 fully saturated rings. The highest BCUT2D eigenvalue weighted by Gasteiger charge is 2.20. The quantitative estimate of drug-likeness (QED) is 0.796. The van der Waals surface area contributed by atoms with Gasteiger partial charge in [0.15, 0.2) is 0 Å². The van der Waals surface area contributed by atoms with Gasteiger partial charge in [0.1, 0.15) is 9.84 Å². The van der Waals surface area contributed by atoms with E-state index in [4.69, 9.17) is 5.73 Å². The minimum atomic E-state index is -3.13. The molecule has 0 radical (unpaired) electrons. The molecule has 0 saturated heterocycles. The Morgan fingerprint density at radius 2 is 2.00 bits per heavy atom. The molecule has 0 saturated carbocycles. The molecule has 1 unspecified atom stereocenters. The highest BCUT2D eigenvalue weighted by molar-refractivity contribution is 7.90. The van der Waals surface area contributed by atoms with E-state index in [1.807, 2.05) is 12.1 Å². The van der Waals surface area contributed by atoms with Gasteiger partial charge >= 0.3 is 0 Å². The van der Waals surface area contributed by atoms with Crippen LogP contribution in [0.25, 0.3) is 10.2 Å². The van der Waals surface area contributed by atoms with Gasteiger partial charge < -0.3 is 11.1 Å². The summed E-state index contributed by atoms with van der Waals surface area (Å²) in [6.07, 6.45) is 1.23. The third kappa shape index (κ3) is 6.22. The monoisotopic (exact) mass is 405 g/mol. The maximum atomic E-state index is 12.1. The zero-order valence-electron chi connectivity index (χ0n) is 14.7. The second-order valence-corrected chi connectivity index (χ2v) is 10.3. The summed E-state index contributed by atoms with van der Waals surface area (Å²) in [5.74, 6) is -0.497. The third-order valence-corrected chi connectivity index (χ3v) is 5.86. The second kappa shape index (κ2) is 7.99. The first-order valence-electron chi connectivity index (χ1n) is 7.61. The van der Waals surface area contributed by atoms with Gasteiger partial charge in [-0.1, -0.05) is 20.8 Å². The number of sulfone groups is 1. The van der Waals surface area contributed by atoms with Crippen molar-refractivity contribution >= 4 is 55.4 Å². The van der Waals surface area contributed by atoms with Crippen molar-refractivity contribution in [2.24, 2.45) is 5.73 Å². The molecule has 0 aliphatic rings. The van der Waals surface area contributed by atoms with Crippen LogP contribution in [0.1, 0.15) is 32.2 Å². The fourth-order valence-electron chi connectivity index (χ4n) is 2.03. The number of benzene rings is 1. The van der Waals surface area contributed by atoms with E-state index in [-0.39, 0.29) is 30.0 Å². The van der Waals surface area contributed by atoms with Gasteiger partial charge in [0.05, 0.1) is 27.0 Å². The predicted molar refractivity (Wildman–Crippen MR) is 107 cm³/mol. The van der Waals surface area contributed by atoms with E-state index in [1.54, 1.807) is 17.4 Å². The molecule has 2 aromatic rings. The topological polar surface area (TPSA) is 102 Å². The van der Waals surface area contributed by atoms with Gasteiger partial charge in [-0.2, -0.15) is 0 Å².